The van der Waals surface area contributed by atoms with E-state index in [2.05, 4.69) is 4.72 Å². The second-order valence-corrected chi connectivity index (χ2v) is 6.05. The number of hydrogen-bond acceptors (Lipinski definition) is 3. The van der Waals surface area contributed by atoms with E-state index >= 15 is 0 Å². The minimum atomic E-state index is -3.68. The standard InChI is InChI=1S/C13H19NO4S/c1-4-10(5-2)14-19(17,18)12-8-6-7-11(9(12)3)13(15)16/h6-8,10,14H,4-5H2,1-3H3,(H,15,16). The molecule has 0 atom stereocenters. The van der Waals surface area contributed by atoms with Crippen LogP contribution in [0.25, 0.3) is 0 Å². The van der Waals surface area contributed by atoms with Crippen molar-refractivity contribution in [2.24, 2.45) is 0 Å². The number of aromatic carboxylic acids is 1. The summed E-state index contributed by atoms with van der Waals surface area (Å²) in [6.07, 6.45) is 1.38. The van der Waals surface area contributed by atoms with Gasteiger partial charge in [-0.15, -0.1) is 0 Å². The Kier molecular flexibility index (Phi) is 5.08. The predicted molar refractivity (Wildman–Crippen MR) is 72.8 cm³/mol. The van der Waals surface area contributed by atoms with E-state index in [4.69, 9.17) is 5.11 Å². The van der Waals surface area contributed by atoms with Gasteiger partial charge in [-0.1, -0.05) is 19.9 Å². The lowest BCUT2D eigenvalue weighted by atomic mass is 10.1. The molecule has 0 aliphatic rings. The molecule has 0 radical (unpaired) electrons. The fourth-order valence-corrected chi connectivity index (χ4v) is 3.55. The van der Waals surface area contributed by atoms with Crippen LogP contribution in [0, 0.1) is 6.92 Å². The molecule has 2 N–H and O–H groups in total. The van der Waals surface area contributed by atoms with E-state index in [1.54, 1.807) is 0 Å². The highest BCUT2D eigenvalue weighted by Gasteiger charge is 2.22. The summed E-state index contributed by atoms with van der Waals surface area (Å²) in [4.78, 5) is 11.0. The first-order valence-corrected chi connectivity index (χ1v) is 7.67. The first kappa shape index (κ1) is 15.7. The Morgan fingerprint density at radius 3 is 2.37 bits per heavy atom. The average molecular weight is 285 g/mol. The zero-order valence-electron chi connectivity index (χ0n) is 11.3. The molecule has 0 aliphatic carbocycles. The summed E-state index contributed by atoms with van der Waals surface area (Å²) in [6, 6.07) is 4.12. The second kappa shape index (κ2) is 6.16. The largest absolute Gasteiger partial charge is 0.478 e. The van der Waals surface area contributed by atoms with Gasteiger partial charge in [0.1, 0.15) is 0 Å². The molecule has 0 unspecified atom stereocenters. The minimum absolute atomic E-state index is 0.00687. The van der Waals surface area contributed by atoms with Gasteiger partial charge < -0.3 is 5.11 Å². The van der Waals surface area contributed by atoms with E-state index in [0.29, 0.717) is 12.8 Å². The summed E-state index contributed by atoms with van der Waals surface area (Å²) >= 11 is 0. The van der Waals surface area contributed by atoms with Crippen molar-refractivity contribution in [2.75, 3.05) is 0 Å². The van der Waals surface area contributed by atoms with Gasteiger partial charge in [-0.2, -0.15) is 0 Å². The van der Waals surface area contributed by atoms with Gasteiger partial charge in [0.25, 0.3) is 0 Å². The van der Waals surface area contributed by atoms with Gasteiger partial charge in [0.05, 0.1) is 10.5 Å². The number of rotatable bonds is 6. The molecule has 0 amide bonds. The number of carboxylic acids is 1. The molecule has 1 rings (SSSR count). The molecule has 0 aromatic heterocycles. The average Bonchev–Trinajstić information content (AvgIpc) is 2.35. The maximum Gasteiger partial charge on any atom is 0.335 e. The zero-order valence-corrected chi connectivity index (χ0v) is 12.1. The summed E-state index contributed by atoms with van der Waals surface area (Å²) in [5, 5.41) is 9.01. The summed E-state index contributed by atoms with van der Waals surface area (Å²) in [7, 11) is -3.68. The molecule has 6 heteroatoms. The zero-order chi connectivity index (χ0) is 14.6. The Morgan fingerprint density at radius 1 is 1.32 bits per heavy atom. The van der Waals surface area contributed by atoms with Crippen LogP contribution >= 0.6 is 0 Å². The van der Waals surface area contributed by atoms with Crippen LogP contribution in [0.5, 0.6) is 0 Å². The summed E-state index contributed by atoms with van der Waals surface area (Å²) in [5.74, 6) is -1.13. The minimum Gasteiger partial charge on any atom is -0.478 e. The van der Waals surface area contributed by atoms with E-state index in [9.17, 15) is 13.2 Å². The van der Waals surface area contributed by atoms with Crippen molar-refractivity contribution >= 4 is 16.0 Å². The van der Waals surface area contributed by atoms with Crippen LogP contribution in [0.3, 0.4) is 0 Å². The fourth-order valence-electron chi connectivity index (χ4n) is 1.88. The Hall–Kier alpha value is -1.40. The van der Waals surface area contributed by atoms with E-state index in [-0.39, 0.29) is 22.1 Å². The molecule has 0 spiro atoms. The normalized spacial score (nSPS) is 11.8. The molecule has 0 aliphatic heterocycles. The third-order valence-electron chi connectivity index (χ3n) is 3.11. The summed E-state index contributed by atoms with van der Waals surface area (Å²) in [6.45, 7) is 5.30. The van der Waals surface area contributed by atoms with Crippen molar-refractivity contribution in [2.45, 2.75) is 44.6 Å². The SMILES string of the molecule is CCC(CC)NS(=O)(=O)c1cccc(C(=O)O)c1C. The second-order valence-electron chi connectivity index (χ2n) is 4.37. The van der Waals surface area contributed by atoms with Gasteiger partial charge in [0.2, 0.25) is 10.0 Å². The maximum absolute atomic E-state index is 12.3. The number of nitrogens with one attached hydrogen (secondary N) is 1. The third kappa shape index (κ3) is 3.54. The van der Waals surface area contributed by atoms with Gasteiger partial charge in [-0.25, -0.2) is 17.9 Å². The molecular formula is C13H19NO4S. The van der Waals surface area contributed by atoms with Gasteiger partial charge >= 0.3 is 5.97 Å². The molecule has 106 valence electrons. The molecule has 1 aromatic rings. The lowest BCUT2D eigenvalue weighted by molar-refractivity contribution is 0.0696. The van der Waals surface area contributed by atoms with Crippen LogP contribution in [0.1, 0.15) is 42.6 Å². The lowest BCUT2D eigenvalue weighted by Crippen LogP contribution is -2.34. The quantitative estimate of drug-likeness (QED) is 0.839. The molecule has 5 nitrogen and oxygen atoms in total. The monoisotopic (exact) mass is 285 g/mol. The predicted octanol–water partition coefficient (Wildman–Crippen LogP) is 2.16. The van der Waals surface area contributed by atoms with E-state index in [1.807, 2.05) is 13.8 Å². The summed E-state index contributed by atoms with van der Waals surface area (Å²) < 4.78 is 27.1. The first-order valence-electron chi connectivity index (χ1n) is 6.18. The van der Waals surface area contributed by atoms with Crippen molar-refractivity contribution in [3.05, 3.63) is 29.3 Å². The molecule has 0 saturated carbocycles. The first-order chi connectivity index (χ1) is 8.83. The van der Waals surface area contributed by atoms with Crippen LogP contribution in [0.15, 0.2) is 23.1 Å². The van der Waals surface area contributed by atoms with Crippen LogP contribution < -0.4 is 4.72 Å². The van der Waals surface area contributed by atoms with Gasteiger partial charge in [-0.3, -0.25) is 0 Å². The van der Waals surface area contributed by atoms with Crippen molar-refractivity contribution < 1.29 is 18.3 Å². The maximum atomic E-state index is 12.3. The highest BCUT2D eigenvalue weighted by molar-refractivity contribution is 7.89. The highest BCUT2D eigenvalue weighted by atomic mass is 32.2. The van der Waals surface area contributed by atoms with Crippen LogP contribution in [-0.4, -0.2) is 25.5 Å². The number of benzene rings is 1. The number of carboxylic acid groups (broad SMARTS) is 1. The molecule has 0 saturated heterocycles. The Labute approximate surface area is 113 Å². The molecule has 1 aromatic carbocycles. The molecule has 0 bridgehead atoms. The van der Waals surface area contributed by atoms with Crippen LogP contribution in [0.4, 0.5) is 0 Å². The Bertz CT molecular complexity index is 562. The Morgan fingerprint density at radius 2 is 1.89 bits per heavy atom. The smallest absolute Gasteiger partial charge is 0.335 e. The fraction of sp³-hybridized carbons (Fsp3) is 0.462. The van der Waals surface area contributed by atoms with E-state index < -0.39 is 16.0 Å². The van der Waals surface area contributed by atoms with Gasteiger partial charge in [0.15, 0.2) is 0 Å². The highest BCUT2D eigenvalue weighted by Crippen LogP contribution is 2.19. The van der Waals surface area contributed by atoms with Crippen molar-refractivity contribution in [1.29, 1.82) is 0 Å². The third-order valence-corrected chi connectivity index (χ3v) is 4.78. The van der Waals surface area contributed by atoms with Crippen molar-refractivity contribution in [3.8, 4) is 0 Å². The lowest BCUT2D eigenvalue weighted by Gasteiger charge is -2.16. The van der Waals surface area contributed by atoms with Crippen molar-refractivity contribution in [1.82, 2.24) is 4.72 Å². The molecule has 0 heterocycles. The topological polar surface area (TPSA) is 83.5 Å². The van der Waals surface area contributed by atoms with E-state index in [1.165, 1.54) is 25.1 Å². The van der Waals surface area contributed by atoms with Gasteiger partial charge in [-0.05, 0) is 37.5 Å². The summed E-state index contributed by atoms with van der Waals surface area (Å²) in [5.41, 5.74) is 0.265. The van der Waals surface area contributed by atoms with Crippen LogP contribution in [0.2, 0.25) is 0 Å². The van der Waals surface area contributed by atoms with Crippen molar-refractivity contribution in [3.63, 3.8) is 0 Å². The van der Waals surface area contributed by atoms with E-state index in [0.717, 1.165) is 0 Å². The number of hydrogen-bond donors (Lipinski definition) is 2. The molecular weight excluding hydrogens is 266 g/mol. The Balaban J connectivity index is 3.22. The number of carbonyl (C=O) groups is 1. The van der Waals surface area contributed by atoms with Gasteiger partial charge in [0, 0.05) is 6.04 Å². The number of sulfonamides is 1. The molecule has 0 fully saturated rings. The molecule has 19 heavy (non-hydrogen) atoms. The van der Waals surface area contributed by atoms with Crippen LogP contribution in [-0.2, 0) is 10.0 Å².